The van der Waals surface area contributed by atoms with Crippen molar-refractivity contribution in [2.45, 2.75) is 18.6 Å². The molecule has 0 bridgehead atoms. The minimum absolute atomic E-state index is 0.0177. The van der Waals surface area contributed by atoms with Crippen molar-refractivity contribution in [3.63, 3.8) is 0 Å². The minimum Gasteiger partial charge on any atom is -0.497 e. The Bertz CT molecular complexity index is 966. The van der Waals surface area contributed by atoms with Crippen LogP contribution in [-0.4, -0.2) is 33.4 Å². The second-order valence-electron chi connectivity index (χ2n) is 6.02. The third-order valence-electron chi connectivity index (χ3n) is 4.03. The molecule has 1 aromatic heterocycles. The van der Waals surface area contributed by atoms with E-state index in [2.05, 4.69) is 22.8 Å². The molecule has 0 fully saturated rings. The first-order valence-electron chi connectivity index (χ1n) is 8.53. The number of aromatic nitrogens is 3. The summed E-state index contributed by atoms with van der Waals surface area (Å²) in [5, 5.41) is 9.33. The van der Waals surface area contributed by atoms with Crippen LogP contribution in [0.5, 0.6) is 5.75 Å². The second-order valence-corrected chi connectivity index (χ2v) is 6.96. The Balaban J connectivity index is 1.80. The van der Waals surface area contributed by atoms with Crippen molar-refractivity contribution in [1.82, 2.24) is 14.8 Å². The molecular formula is C21H21N3O2S. The Morgan fingerprint density at radius 3 is 2.78 bits per heavy atom. The lowest BCUT2D eigenvalue weighted by molar-refractivity contribution is 0.102. The zero-order valence-electron chi connectivity index (χ0n) is 15.4. The van der Waals surface area contributed by atoms with Crippen LogP contribution in [0.25, 0.3) is 11.4 Å². The van der Waals surface area contributed by atoms with Crippen LogP contribution in [0.15, 0.2) is 66.3 Å². The van der Waals surface area contributed by atoms with Crippen LogP contribution in [0.3, 0.4) is 0 Å². The van der Waals surface area contributed by atoms with E-state index in [1.165, 1.54) is 11.8 Å². The van der Waals surface area contributed by atoms with Crippen molar-refractivity contribution in [3.05, 3.63) is 72.3 Å². The second kappa shape index (κ2) is 8.68. The smallest absolute Gasteiger partial charge is 0.192 e. The van der Waals surface area contributed by atoms with E-state index in [1.807, 2.05) is 41.8 Å². The summed E-state index contributed by atoms with van der Waals surface area (Å²) in [5.74, 6) is 1.73. The molecule has 0 N–H and O–H groups in total. The van der Waals surface area contributed by atoms with E-state index in [1.54, 1.807) is 25.3 Å². The maximum Gasteiger partial charge on any atom is 0.192 e. The Morgan fingerprint density at radius 1 is 1.22 bits per heavy atom. The van der Waals surface area contributed by atoms with E-state index in [-0.39, 0.29) is 11.5 Å². The lowest BCUT2D eigenvalue weighted by Crippen LogP contribution is -2.05. The number of methoxy groups -OCH3 is 1. The van der Waals surface area contributed by atoms with Gasteiger partial charge in [0.15, 0.2) is 16.8 Å². The first kappa shape index (κ1) is 18.9. The minimum atomic E-state index is 0.0177. The van der Waals surface area contributed by atoms with E-state index in [9.17, 15) is 4.79 Å². The van der Waals surface area contributed by atoms with Gasteiger partial charge < -0.3 is 4.74 Å². The quantitative estimate of drug-likeness (QED) is 0.329. The van der Waals surface area contributed by atoms with Gasteiger partial charge in [0, 0.05) is 17.7 Å². The van der Waals surface area contributed by atoms with Crippen LogP contribution in [0.4, 0.5) is 0 Å². The highest BCUT2D eigenvalue weighted by Crippen LogP contribution is 2.25. The van der Waals surface area contributed by atoms with E-state index in [0.29, 0.717) is 23.0 Å². The molecule has 6 heteroatoms. The van der Waals surface area contributed by atoms with E-state index in [0.717, 1.165) is 17.0 Å². The van der Waals surface area contributed by atoms with Crippen molar-refractivity contribution in [2.75, 3.05) is 12.9 Å². The van der Waals surface area contributed by atoms with Gasteiger partial charge in [-0.2, -0.15) is 0 Å². The number of ketones is 1. The third kappa shape index (κ3) is 4.46. The predicted octanol–water partition coefficient (Wildman–Crippen LogP) is 4.42. The summed E-state index contributed by atoms with van der Waals surface area (Å²) in [6, 6.07) is 15.3. The number of Topliss-reactive ketones (excluding diaryl/α,β-unsaturated/α-hetero) is 1. The van der Waals surface area contributed by atoms with Crippen LogP contribution in [0.1, 0.15) is 15.9 Å². The van der Waals surface area contributed by atoms with Crippen molar-refractivity contribution >= 4 is 17.5 Å². The van der Waals surface area contributed by atoms with Gasteiger partial charge in [-0.05, 0) is 25.1 Å². The SMILES string of the molecule is C=CCn1c(SCC(=O)c2cccc(OC)c2)nnc1-c1cccc(C)c1. The van der Waals surface area contributed by atoms with Gasteiger partial charge >= 0.3 is 0 Å². The fourth-order valence-corrected chi connectivity index (χ4v) is 3.54. The van der Waals surface area contributed by atoms with Crippen LogP contribution in [-0.2, 0) is 6.54 Å². The molecule has 0 amide bonds. The molecule has 0 saturated carbocycles. The Kier molecular flexibility index (Phi) is 6.08. The summed E-state index contributed by atoms with van der Waals surface area (Å²) in [5.41, 5.74) is 2.77. The highest BCUT2D eigenvalue weighted by Gasteiger charge is 2.16. The summed E-state index contributed by atoms with van der Waals surface area (Å²) in [6.45, 7) is 6.44. The monoisotopic (exact) mass is 379 g/mol. The average molecular weight is 379 g/mol. The number of hydrogen-bond acceptors (Lipinski definition) is 5. The van der Waals surface area contributed by atoms with E-state index < -0.39 is 0 Å². The standard InChI is InChI=1S/C21H21N3O2S/c1-4-11-24-20(17-9-5-7-15(2)12-17)22-23-21(24)27-14-19(25)16-8-6-10-18(13-16)26-3/h4-10,12-13H,1,11,14H2,2-3H3. The number of thioether (sulfide) groups is 1. The highest BCUT2D eigenvalue weighted by molar-refractivity contribution is 7.99. The number of aryl methyl sites for hydroxylation is 1. The van der Waals surface area contributed by atoms with E-state index in [4.69, 9.17) is 4.74 Å². The highest BCUT2D eigenvalue weighted by atomic mass is 32.2. The van der Waals surface area contributed by atoms with Gasteiger partial charge in [0.1, 0.15) is 5.75 Å². The number of nitrogens with zero attached hydrogens (tertiary/aromatic N) is 3. The topological polar surface area (TPSA) is 57.0 Å². The summed E-state index contributed by atoms with van der Waals surface area (Å²) in [7, 11) is 1.59. The Labute approximate surface area is 163 Å². The fraction of sp³-hybridized carbons (Fsp3) is 0.190. The molecule has 2 aromatic carbocycles. The molecular weight excluding hydrogens is 358 g/mol. The zero-order chi connectivity index (χ0) is 19.2. The van der Waals surface area contributed by atoms with Crippen molar-refractivity contribution in [3.8, 4) is 17.1 Å². The first-order chi connectivity index (χ1) is 13.1. The van der Waals surface area contributed by atoms with Gasteiger partial charge in [-0.25, -0.2) is 0 Å². The maximum absolute atomic E-state index is 12.5. The molecule has 0 aliphatic carbocycles. The van der Waals surface area contributed by atoms with Crippen LogP contribution in [0, 0.1) is 6.92 Å². The number of hydrogen-bond donors (Lipinski definition) is 0. The van der Waals surface area contributed by atoms with Gasteiger partial charge in [0.2, 0.25) is 0 Å². The molecule has 0 aliphatic heterocycles. The van der Waals surface area contributed by atoms with Crippen molar-refractivity contribution < 1.29 is 9.53 Å². The molecule has 0 saturated heterocycles. The van der Waals surface area contributed by atoms with Gasteiger partial charge in [0.05, 0.1) is 12.9 Å². The largest absolute Gasteiger partial charge is 0.497 e. The van der Waals surface area contributed by atoms with E-state index >= 15 is 0 Å². The van der Waals surface area contributed by atoms with Crippen molar-refractivity contribution in [2.24, 2.45) is 0 Å². The fourth-order valence-electron chi connectivity index (χ4n) is 2.70. The summed E-state index contributed by atoms with van der Waals surface area (Å²) in [6.07, 6.45) is 1.80. The molecule has 0 spiro atoms. The summed E-state index contributed by atoms with van der Waals surface area (Å²) < 4.78 is 7.16. The zero-order valence-corrected chi connectivity index (χ0v) is 16.2. The predicted molar refractivity (Wildman–Crippen MR) is 108 cm³/mol. The lowest BCUT2D eigenvalue weighted by Gasteiger charge is -2.08. The number of rotatable bonds is 8. The normalized spacial score (nSPS) is 10.6. The van der Waals surface area contributed by atoms with Crippen molar-refractivity contribution in [1.29, 1.82) is 0 Å². The number of benzene rings is 2. The molecule has 27 heavy (non-hydrogen) atoms. The molecule has 0 radical (unpaired) electrons. The molecule has 0 unspecified atom stereocenters. The molecule has 0 atom stereocenters. The number of carbonyl (C=O) groups is 1. The average Bonchev–Trinajstić information content (AvgIpc) is 3.09. The van der Waals surface area contributed by atoms with Crippen LogP contribution in [0.2, 0.25) is 0 Å². The molecule has 138 valence electrons. The maximum atomic E-state index is 12.5. The number of ether oxygens (including phenoxy) is 1. The molecule has 1 heterocycles. The van der Waals surface area contributed by atoms with Gasteiger partial charge in [-0.3, -0.25) is 9.36 Å². The summed E-state index contributed by atoms with van der Waals surface area (Å²) in [4.78, 5) is 12.5. The van der Waals surface area contributed by atoms with Gasteiger partial charge in [-0.15, -0.1) is 16.8 Å². The Hall–Kier alpha value is -2.86. The van der Waals surface area contributed by atoms with Gasteiger partial charge in [-0.1, -0.05) is 53.7 Å². The van der Waals surface area contributed by atoms with Gasteiger partial charge in [0.25, 0.3) is 0 Å². The molecule has 0 aliphatic rings. The first-order valence-corrected chi connectivity index (χ1v) is 9.52. The lowest BCUT2D eigenvalue weighted by atomic mass is 10.1. The molecule has 5 nitrogen and oxygen atoms in total. The van der Waals surface area contributed by atoms with Crippen LogP contribution >= 0.6 is 11.8 Å². The third-order valence-corrected chi connectivity index (χ3v) is 5.00. The number of allylic oxidation sites excluding steroid dienone is 1. The molecule has 3 aromatic rings. The van der Waals surface area contributed by atoms with Crippen LogP contribution < -0.4 is 4.74 Å². The Morgan fingerprint density at radius 2 is 2.04 bits per heavy atom. The summed E-state index contributed by atoms with van der Waals surface area (Å²) >= 11 is 1.37. The molecule has 3 rings (SSSR count). The number of carbonyl (C=O) groups excluding carboxylic acids is 1.